The van der Waals surface area contributed by atoms with Crippen molar-refractivity contribution >= 4 is 76.3 Å². The van der Waals surface area contributed by atoms with Gasteiger partial charge in [-0.05, 0) is 64.4 Å². The molecular formula is C46H28N2O. The van der Waals surface area contributed by atoms with E-state index < -0.39 is 0 Å². The lowest BCUT2D eigenvalue weighted by molar-refractivity contribution is 0.666. The second-order valence-corrected chi connectivity index (χ2v) is 12.9. The molecule has 0 saturated heterocycles. The van der Waals surface area contributed by atoms with Gasteiger partial charge in [-0.25, -0.2) is 0 Å². The highest BCUT2D eigenvalue weighted by Crippen LogP contribution is 2.44. The molecule has 0 aliphatic carbocycles. The molecule has 11 rings (SSSR count). The van der Waals surface area contributed by atoms with E-state index in [4.69, 9.17) is 4.42 Å². The predicted octanol–water partition coefficient (Wildman–Crippen LogP) is 12.6. The van der Waals surface area contributed by atoms with Crippen molar-refractivity contribution in [3.8, 4) is 22.5 Å². The molecule has 0 aliphatic heterocycles. The zero-order valence-corrected chi connectivity index (χ0v) is 26.5. The van der Waals surface area contributed by atoms with Crippen LogP contribution in [-0.2, 0) is 0 Å². The molecule has 49 heavy (non-hydrogen) atoms. The molecule has 3 nitrogen and oxygen atoms in total. The highest BCUT2D eigenvalue weighted by atomic mass is 16.3. The highest BCUT2D eigenvalue weighted by molar-refractivity contribution is 6.26. The van der Waals surface area contributed by atoms with Crippen molar-refractivity contribution in [2.75, 3.05) is 0 Å². The first-order valence-corrected chi connectivity index (χ1v) is 16.8. The number of fused-ring (bicyclic) bond motifs is 11. The smallest absolute Gasteiger partial charge is 0.159 e. The van der Waals surface area contributed by atoms with Gasteiger partial charge in [-0.1, -0.05) is 127 Å². The van der Waals surface area contributed by atoms with Crippen LogP contribution in [0.5, 0.6) is 0 Å². The first-order valence-electron chi connectivity index (χ1n) is 16.8. The minimum absolute atomic E-state index is 0.899. The van der Waals surface area contributed by atoms with Crippen LogP contribution in [0.2, 0.25) is 0 Å². The van der Waals surface area contributed by atoms with Crippen molar-refractivity contribution < 1.29 is 4.42 Å². The van der Waals surface area contributed by atoms with E-state index in [2.05, 4.69) is 173 Å². The Balaban J connectivity index is 1.22. The van der Waals surface area contributed by atoms with Gasteiger partial charge >= 0.3 is 0 Å². The summed E-state index contributed by atoms with van der Waals surface area (Å²) in [6, 6.07) is 61.2. The second-order valence-electron chi connectivity index (χ2n) is 12.9. The molecule has 228 valence electrons. The van der Waals surface area contributed by atoms with Crippen molar-refractivity contribution in [3.05, 3.63) is 170 Å². The van der Waals surface area contributed by atoms with E-state index in [1.807, 2.05) is 6.07 Å². The molecule has 0 aliphatic rings. The summed E-state index contributed by atoms with van der Waals surface area (Å²) in [5, 5.41) is 9.69. The van der Waals surface area contributed by atoms with E-state index in [1.165, 1.54) is 60.0 Å². The second kappa shape index (κ2) is 9.96. The van der Waals surface area contributed by atoms with Gasteiger partial charge in [0.1, 0.15) is 5.58 Å². The van der Waals surface area contributed by atoms with E-state index in [-0.39, 0.29) is 0 Å². The Morgan fingerprint density at radius 2 is 1.04 bits per heavy atom. The third kappa shape index (κ3) is 3.67. The predicted molar refractivity (Wildman–Crippen MR) is 205 cm³/mol. The van der Waals surface area contributed by atoms with Crippen LogP contribution in [0.4, 0.5) is 0 Å². The number of para-hydroxylation sites is 4. The van der Waals surface area contributed by atoms with E-state index >= 15 is 0 Å². The number of hydrogen-bond donors (Lipinski definition) is 0. The minimum atomic E-state index is 0.899. The standard InChI is InChI=1S/C46H28N2O/c1-2-13-32-29(11-1)12-9-17-33(32)30-23-25-31(26-24-30)47-40-20-7-4-16-38(40)44-41(47)28-27-36-34-14-3-6-19-39(34)48(45(36)44)42-21-10-18-37-35-15-5-8-22-43(35)49-46(37)42/h1-28H. The summed E-state index contributed by atoms with van der Waals surface area (Å²) in [5.74, 6) is 0. The number of nitrogens with zero attached hydrogens (tertiary/aromatic N) is 2. The Hall–Kier alpha value is -6.58. The van der Waals surface area contributed by atoms with Crippen molar-refractivity contribution in [1.29, 1.82) is 0 Å². The van der Waals surface area contributed by atoms with Crippen molar-refractivity contribution in [2.24, 2.45) is 0 Å². The number of hydrogen-bond acceptors (Lipinski definition) is 1. The first-order chi connectivity index (χ1) is 24.3. The van der Waals surface area contributed by atoms with Crippen LogP contribution >= 0.6 is 0 Å². The number of benzene rings is 8. The lowest BCUT2D eigenvalue weighted by Crippen LogP contribution is -1.96. The van der Waals surface area contributed by atoms with Crippen LogP contribution in [0.1, 0.15) is 0 Å². The molecule has 0 spiro atoms. The van der Waals surface area contributed by atoms with Gasteiger partial charge < -0.3 is 13.6 Å². The van der Waals surface area contributed by atoms with E-state index in [0.717, 1.165) is 38.8 Å². The van der Waals surface area contributed by atoms with Gasteiger partial charge in [0.15, 0.2) is 5.58 Å². The van der Waals surface area contributed by atoms with E-state index in [9.17, 15) is 0 Å². The van der Waals surface area contributed by atoms with Crippen LogP contribution in [-0.4, -0.2) is 9.13 Å². The van der Waals surface area contributed by atoms with E-state index in [1.54, 1.807) is 0 Å². The molecule has 3 heterocycles. The fourth-order valence-corrected chi connectivity index (χ4v) is 8.21. The Bertz CT molecular complexity index is 3090. The third-order valence-electron chi connectivity index (χ3n) is 10.3. The topological polar surface area (TPSA) is 23.0 Å². The maximum absolute atomic E-state index is 6.63. The Kier molecular flexibility index (Phi) is 5.38. The van der Waals surface area contributed by atoms with E-state index in [0.29, 0.717) is 0 Å². The summed E-state index contributed by atoms with van der Waals surface area (Å²) in [6.07, 6.45) is 0. The van der Waals surface area contributed by atoms with Crippen LogP contribution in [0, 0.1) is 0 Å². The molecule has 0 fully saturated rings. The minimum Gasteiger partial charge on any atom is -0.454 e. The van der Waals surface area contributed by atoms with Crippen LogP contribution in [0.25, 0.3) is 98.8 Å². The van der Waals surface area contributed by atoms with Gasteiger partial charge in [-0.2, -0.15) is 0 Å². The van der Waals surface area contributed by atoms with Crippen LogP contribution in [0.15, 0.2) is 174 Å². The zero-order chi connectivity index (χ0) is 32.1. The summed E-state index contributed by atoms with van der Waals surface area (Å²) in [5.41, 5.74) is 11.1. The lowest BCUT2D eigenvalue weighted by atomic mass is 9.98. The molecule has 0 amide bonds. The zero-order valence-electron chi connectivity index (χ0n) is 26.5. The SMILES string of the molecule is c1ccc2c(-c3ccc(-n4c5ccccc5c5c4ccc4c6ccccc6n(-c6cccc7c6oc6ccccc67)c45)cc3)cccc2c1. The molecule has 0 unspecified atom stereocenters. The number of aromatic nitrogens is 2. The fraction of sp³-hybridized carbons (Fsp3) is 0. The summed E-state index contributed by atoms with van der Waals surface area (Å²) >= 11 is 0. The summed E-state index contributed by atoms with van der Waals surface area (Å²) in [6.45, 7) is 0. The van der Waals surface area contributed by atoms with Gasteiger partial charge in [0.05, 0.1) is 27.8 Å². The average molecular weight is 625 g/mol. The summed E-state index contributed by atoms with van der Waals surface area (Å²) < 4.78 is 11.5. The molecule has 8 aromatic carbocycles. The first kappa shape index (κ1) is 26.5. The Morgan fingerprint density at radius 1 is 0.388 bits per heavy atom. The van der Waals surface area contributed by atoms with Crippen molar-refractivity contribution in [3.63, 3.8) is 0 Å². The monoisotopic (exact) mass is 624 g/mol. The molecule has 0 bridgehead atoms. The van der Waals surface area contributed by atoms with Gasteiger partial charge in [0, 0.05) is 38.0 Å². The Labute approximate surface area is 281 Å². The van der Waals surface area contributed by atoms with Gasteiger partial charge in [-0.15, -0.1) is 0 Å². The van der Waals surface area contributed by atoms with Crippen molar-refractivity contribution in [2.45, 2.75) is 0 Å². The normalized spacial score (nSPS) is 12.1. The number of rotatable bonds is 3. The molecule has 3 heteroatoms. The van der Waals surface area contributed by atoms with Gasteiger partial charge in [0.2, 0.25) is 0 Å². The maximum Gasteiger partial charge on any atom is 0.159 e. The molecule has 0 atom stereocenters. The quantitative estimate of drug-likeness (QED) is 0.192. The molecule has 0 N–H and O–H groups in total. The number of furan rings is 1. The molecule has 11 aromatic rings. The lowest BCUT2D eigenvalue weighted by Gasteiger charge is -2.12. The van der Waals surface area contributed by atoms with Gasteiger partial charge in [-0.3, -0.25) is 0 Å². The average Bonchev–Trinajstić information content (AvgIpc) is 3.82. The van der Waals surface area contributed by atoms with Crippen LogP contribution in [0.3, 0.4) is 0 Å². The summed E-state index contributed by atoms with van der Waals surface area (Å²) in [4.78, 5) is 0. The highest BCUT2D eigenvalue weighted by Gasteiger charge is 2.22. The Morgan fingerprint density at radius 3 is 1.90 bits per heavy atom. The molecular weight excluding hydrogens is 597 g/mol. The maximum atomic E-state index is 6.63. The third-order valence-corrected chi connectivity index (χ3v) is 10.3. The fourth-order valence-electron chi connectivity index (χ4n) is 8.21. The molecule has 3 aromatic heterocycles. The van der Waals surface area contributed by atoms with Gasteiger partial charge in [0.25, 0.3) is 0 Å². The van der Waals surface area contributed by atoms with Crippen molar-refractivity contribution in [1.82, 2.24) is 9.13 Å². The largest absolute Gasteiger partial charge is 0.454 e. The molecule has 0 radical (unpaired) electrons. The van der Waals surface area contributed by atoms with Crippen LogP contribution < -0.4 is 0 Å². The summed E-state index contributed by atoms with van der Waals surface area (Å²) in [7, 11) is 0. The molecule has 0 saturated carbocycles.